The molecule has 2 aromatic heterocycles. The lowest BCUT2D eigenvalue weighted by atomic mass is 9.96. The van der Waals surface area contributed by atoms with Crippen LogP contribution in [0.15, 0.2) is 36.9 Å². The largest absolute Gasteiger partial charge is 0.371 e. The number of aromatic nitrogens is 3. The van der Waals surface area contributed by atoms with Gasteiger partial charge >= 0.3 is 0 Å². The van der Waals surface area contributed by atoms with Crippen LogP contribution in [0.4, 0.5) is 5.69 Å². The average molecular weight is 299 g/mol. The monoisotopic (exact) mass is 299 g/mol. The second kappa shape index (κ2) is 6.92. The Hall–Kier alpha value is -1.88. The van der Waals surface area contributed by atoms with Crippen molar-refractivity contribution in [2.24, 2.45) is 0 Å². The van der Waals surface area contributed by atoms with Crippen LogP contribution in [0.3, 0.4) is 0 Å². The van der Waals surface area contributed by atoms with Gasteiger partial charge in [-0.25, -0.2) is 4.98 Å². The van der Waals surface area contributed by atoms with Crippen LogP contribution in [-0.4, -0.2) is 53.2 Å². The third kappa shape index (κ3) is 3.47. The van der Waals surface area contributed by atoms with Crippen LogP contribution in [-0.2, 0) is 6.54 Å². The summed E-state index contributed by atoms with van der Waals surface area (Å²) in [5.41, 5.74) is 1.27. The van der Waals surface area contributed by atoms with E-state index < -0.39 is 0 Å². The molecule has 1 aliphatic rings. The first kappa shape index (κ1) is 15.0. The first-order valence-corrected chi connectivity index (χ1v) is 8.05. The van der Waals surface area contributed by atoms with E-state index in [1.165, 1.54) is 24.4 Å². The summed E-state index contributed by atoms with van der Waals surface area (Å²) in [7, 11) is 4.23. The Morgan fingerprint density at radius 2 is 2.05 bits per heavy atom. The standard InChI is InChI=1S/C17H25N5/c1-20(2)12-13-21-11-9-19-17(21)15-4-3-10-22(14-15)16-5-7-18-8-6-16/h5-9,11,15H,3-4,10,12-14H2,1-2H3/t15-/m1/s1. The van der Waals surface area contributed by atoms with Crippen molar-refractivity contribution in [1.29, 1.82) is 0 Å². The van der Waals surface area contributed by atoms with Gasteiger partial charge in [0.1, 0.15) is 5.82 Å². The molecule has 0 amide bonds. The van der Waals surface area contributed by atoms with Gasteiger partial charge in [-0.2, -0.15) is 0 Å². The van der Waals surface area contributed by atoms with E-state index in [1.54, 1.807) is 0 Å². The molecule has 22 heavy (non-hydrogen) atoms. The Morgan fingerprint density at radius 3 is 2.82 bits per heavy atom. The van der Waals surface area contributed by atoms with Crippen LogP contribution < -0.4 is 4.90 Å². The summed E-state index contributed by atoms with van der Waals surface area (Å²) >= 11 is 0. The van der Waals surface area contributed by atoms with Crippen LogP contribution in [0.25, 0.3) is 0 Å². The number of pyridine rings is 1. The van der Waals surface area contributed by atoms with Gasteiger partial charge in [-0.15, -0.1) is 0 Å². The molecule has 0 bridgehead atoms. The maximum atomic E-state index is 4.65. The van der Waals surface area contributed by atoms with E-state index in [2.05, 4.69) is 56.8 Å². The minimum absolute atomic E-state index is 0.513. The molecule has 0 aromatic carbocycles. The van der Waals surface area contributed by atoms with Gasteiger partial charge in [-0.3, -0.25) is 4.98 Å². The zero-order valence-electron chi connectivity index (χ0n) is 13.5. The summed E-state index contributed by atoms with van der Waals surface area (Å²) in [5.74, 6) is 1.75. The van der Waals surface area contributed by atoms with Crippen LogP contribution >= 0.6 is 0 Å². The van der Waals surface area contributed by atoms with Crippen molar-refractivity contribution in [3.63, 3.8) is 0 Å². The molecule has 3 rings (SSSR count). The van der Waals surface area contributed by atoms with Crippen LogP contribution in [0, 0.1) is 0 Å². The van der Waals surface area contributed by atoms with E-state index in [0.29, 0.717) is 5.92 Å². The normalized spacial score (nSPS) is 18.9. The summed E-state index contributed by atoms with van der Waals surface area (Å²) in [5, 5.41) is 0. The van der Waals surface area contributed by atoms with Crippen molar-refractivity contribution in [1.82, 2.24) is 19.4 Å². The average Bonchev–Trinajstić information content (AvgIpc) is 3.02. The molecule has 118 valence electrons. The van der Waals surface area contributed by atoms with Gasteiger partial charge in [-0.1, -0.05) is 0 Å². The topological polar surface area (TPSA) is 37.2 Å². The minimum atomic E-state index is 0.513. The lowest BCUT2D eigenvalue weighted by Crippen LogP contribution is -2.35. The van der Waals surface area contributed by atoms with Gasteiger partial charge in [-0.05, 0) is 39.1 Å². The van der Waals surface area contributed by atoms with E-state index in [0.717, 1.165) is 26.2 Å². The lowest BCUT2D eigenvalue weighted by Gasteiger charge is -2.34. The molecule has 1 saturated heterocycles. The Bertz CT molecular complexity index is 578. The molecular formula is C17H25N5. The third-order valence-corrected chi connectivity index (χ3v) is 4.35. The van der Waals surface area contributed by atoms with E-state index in [9.17, 15) is 0 Å². The molecule has 3 heterocycles. The predicted octanol–water partition coefficient (Wildman–Crippen LogP) is 2.22. The van der Waals surface area contributed by atoms with Gasteiger partial charge in [0.25, 0.3) is 0 Å². The summed E-state index contributed by atoms with van der Waals surface area (Å²) < 4.78 is 2.32. The molecule has 0 spiro atoms. The summed E-state index contributed by atoms with van der Waals surface area (Å²) in [6.07, 6.45) is 10.2. The molecular weight excluding hydrogens is 274 g/mol. The zero-order chi connectivity index (χ0) is 15.4. The van der Waals surface area contributed by atoms with Gasteiger partial charge < -0.3 is 14.4 Å². The summed E-state index contributed by atoms with van der Waals surface area (Å²) in [4.78, 5) is 13.4. The number of nitrogens with zero attached hydrogens (tertiary/aromatic N) is 5. The Balaban J connectivity index is 1.71. The van der Waals surface area contributed by atoms with Crippen LogP contribution in [0.1, 0.15) is 24.6 Å². The van der Waals surface area contributed by atoms with Crippen molar-refractivity contribution in [3.05, 3.63) is 42.7 Å². The quantitative estimate of drug-likeness (QED) is 0.848. The molecule has 5 heteroatoms. The number of likely N-dealkylation sites (N-methyl/N-ethyl adjacent to an activating group) is 1. The fourth-order valence-corrected chi connectivity index (χ4v) is 3.15. The van der Waals surface area contributed by atoms with E-state index in [1.807, 2.05) is 18.6 Å². The van der Waals surface area contributed by atoms with Gasteiger partial charge in [0.15, 0.2) is 0 Å². The lowest BCUT2D eigenvalue weighted by molar-refractivity contribution is 0.373. The van der Waals surface area contributed by atoms with E-state index in [-0.39, 0.29) is 0 Å². The molecule has 2 aromatic rings. The Morgan fingerprint density at radius 1 is 1.23 bits per heavy atom. The SMILES string of the molecule is CN(C)CCn1ccnc1[C@@H]1CCCN(c2ccncc2)C1. The number of hydrogen-bond acceptors (Lipinski definition) is 4. The van der Waals surface area contributed by atoms with Gasteiger partial charge in [0, 0.05) is 62.6 Å². The van der Waals surface area contributed by atoms with E-state index in [4.69, 9.17) is 0 Å². The molecule has 0 unspecified atom stereocenters. The number of piperidine rings is 1. The molecule has 0 aliphatic carbocycles. The first-order valence-electron chi connectivity index (χ1n) is 8.05. The second-order valence-corrected chi connectivity index (χ2v) is 6.27. The molecule has 0 saturated carbocycles. The minimum Gasteiger partial charge on any atom is -0.371 e. The van der Waals surface area contributed by atoms with Gasteiger partial charge in [0.05, 0.1) is 0 Å². The van der Waals surface area contributed by atoms with Crippen molar-refractivity contribution in [2.75, 3.05) is 38.6 Å². The van der Waals surface area contributed by atoms with Crippen molar-refractivity contribution in [2.45, 2.75) is 25.3 Å². The Kier molecular flexibility index (Phi) is 4.73. The van der Waals surface area contributed by atoms with Crippen LogP contribution in [0.2, 0.25) is 0 Å². The highest BCUT2D eigenvalue weighted by molar-refractivity contribution is 5.45. The van der Waals surface area contributed by atoms with E-state index >= 15 is 0 Å². The maximum Gasteiger partial charge on any atom is 0.113 e. The Labute approximate surface area is 132 Å². The summed E-state index contributed by atoms with van der Waals surface area (Å²) in [6.45, 7) is 4.22. The molecule has 1 fully saturated rings. The van der Waals surface area contributed by atoms with Gasteiger partial charge in [0.2, 0.25) is 0 Å². The highest BCUT2D eigenvalue weighted by Crippen LogP contribution is 2.28. The molecule has 0 radical (unpaired) electrons. The van der Waals surface area contributed by atoms with Crippen LogP contribution in [0.5, 0.6) is 0 Å². The molecule has 1 atom stereocenters. The number of imidazole rings is 1. The highest BCUT2D eigenvalue weighted by Gasteiger charge is 2.24. The fourth-order valence-electron chi connectivity index (χ4n) is 3.15. The third-order valence-electron chi connectivity index (χ3n) is 4.35. The van der Waals surface area contributed by atoms with Crippen molar-refractivity contribution >= 4 is 5.69 Å². The number of rotatable bonds is 5. The van der Waals surface area contributed by atoms with Crippen molar-refractivity contribution < 1.29 is 0 Å². The maximum absolute atomic E-state index is 4.65. The first-order chi connectivity index (χ1) is 10.7. The number of hydrogen-bond donors (Lipinski definition) is 0. The molecule has 1 aliphatic heterocycles. The molecule has 5 nitrogen and oxygen atoms in total. The second-order valence-electron chi connectivity index (χ2n) is 6.27. The summed E-state index contributed by atoms with van der Waals surface area (Å²) in [6, 6.07) is 4.20. The predicted molar refractivity (Wildman–Crippen MR) is 89.2 cm³/mol. The van der Waals surface area contributed by atoms with Crippen molar-refractivity contribution in [3.8, 4) is 0 Å². The fraction of sp³-hybridized carbons (Fsp3) is 0.529. The molecule has 0 N–H and O–H groups in total. The highest BCUT2D eigenvalue weighted by atomic mass is 15.2. The smallest absolute Gasteiger partial charge is 0.113 e. The zero-order valence-corrected chi connectivity index (χ0v) is 13.5. The number of anilines is 1.